The molecule has 0 heterocycles. The average Bonchev–Trinajstić information content (AvgIpc) is 3.65. The predicted molar refractivity (Wildman–Crippen MR) is 207 cm³/mol. The summed E-state index contributed by atoms with van der Waals surface area (Å²) in [5.74, 6) is 0. The van der Waals surface area contributed by atoms with Crippen LogP contribution < -0.4 is 0 Å². The van der Waals surface area contributed by atoms with Gasteiger partial charge in [-0.25, -0.2) is 0 Å². The van der Waals surface area contributed by atoms with Gasteiger partial charge >= 0.3 is 301 Å². The van der Waals surface area contributed by atoms with Crippen molar-refractivity contribution in [2.45, 2.75) is 112 Å². The Bertz CT molecular complexity index is 1800. The molecule has 0 aromatic heterocycles. The van der Waals surface area contributed by atoms with E-state index < -0.39 is 21.3 Å². The number of benzene rings is 4. The van der Waals surface area contributed by atoms with Crippen molar-refractivity contribution in [3.63, 3.8) is 0 Å². The molecule has 0 amide bonds. The number of hydrogen-bond donors (Lipinski definition) is 0. The monoisotopic (exact) mass is 710 g/mol. The summed E-state index contributed by atoms with van der Waals surface area (Å²) in [4.78, 5) is 0. The van der Waals surface area contributed by atoms with E-state index in [1.54, 1.807) is 14.3 Å². The molecule has 48 heavy (non-hydrogen) atoms. The van der Waals surface area contributed by atoms with Crippen LogP contribution in [0.1, 0.15) is 117 Å². The van der Waals surface area contributed by atoms with Gasteiger partial charge in [0.25, 0.3) is 0 Å². The van der Waals surface area contributed by atoms with E-state index in [0.717, 1.165) is 0 Å². The second-order valence-corrected chi connectivity index (χ2v) is 24.1. The Labute approximate surface area is 299 Å². The fourth-order valence-corrected chi connectivity index (χ4v) is 20.3. The summed E-state index contributed by atoms with van der Waals surface area (Å²) in [5, 5.41) is 0. The molecule has 4 aromatic carbocycles. The Kier molecular flexibility index (Phi) is 9.08. The van der Waals surface area contributed by atoms with Crippen molar-refractivity contribution in [2.75, 3.05) is 0 Å². The molecule has 6 rings (SSSR count). The molecule has 2 aliphatic rings. The van der Waals surface area contributed by atoms with Gasteiger partial charge < -0.3 is 0 Å². The topological polar surface area (TPSA) is 0 Å². The molecule has 2 aliphatic carbocycles. The zero-order valence-corrected chi connectivity index (χ0v) is 34.0. The molecule has 0 aliphatic heterocycles. The van der Waals surface area contributed by atoms with Crippen molar-refractivity contribution in [2.24, 2.45) is 0 Å². The van der Waals surface area contributed by atoms with Crippen LogP contribution in [0.2, 0.25) is 3.63 Å². The van der Waals surface area contributed by atoms with Crippen LogP contribution in [0.3, 0.4) is 0 Å². The Morgan fingerprint density at radius 2 is 0.896 bits per heavy atom. The maximum atomic E-state index is 2.62. The summed E-state index contributed by atoms with van der Waals surface area (Å²) in [7, 11) is 0. The van der Waals surface area contributed by atoms with Crippen LogP contribution in [0, 0.1) is 13.8 Å². The van der Waals surface area contributed by atoms with Gasteiger partial charge in [-0.1, -0.05) is 0 Å². The van der Waals surface area contributed by atoms with E-state index in [0.29, 0.717) is 7.25 Å². The van der Waals surface area contributed by atoms with Gasteiger partial charge in [-0.05, 0) is 0 Å². The molecule has 4 aromatic rings. The summed E-state index contributed by atoms with van der Waals surface area (Å²) in [6.45, 7) is 29.1. The van der Waals surface area contributed by atoms with Crippen molar-refractivity contribution >= 4 is 3.21 Å². The summed E-state index contributed by atoms with van der Waals surface area (Å²) in [6, 6.07) is 33.2. The minimum absolute atomic E-state index is 0.0787. The molecule has 0 bridgehead atoms. The fraction of sp³-hybridized carbons (Fsp3) is 0.383. The van der Waals surface area contributed by atoms with Gasteiger partial charge in [-0.2, -0.15) is 0 Å². The average molecular weight is 712 g/mol. The van der Waals surface area contributed by atoms with E-state index >= 15 is 0 Å². The van der Waals surface area contributed by atoms with Crippen molar-refractivity contribution in [3.05, 3.63) is 154 Å². The zero-order valence-electron chi connectivity index (χ0n) is 31.5. The number of hydrogen-bond acceptors (Lipinski definition) is 0. The molecule has 0 radical (unpaired) electrons. The molecule has 0 N–H and O–H groups in total. The van der Waals surface area contributed by atoms with Crippen LogP contribution in [0.4, 0.5) is 0 Å². The van der Waals surface area contributed by atoms with Crippen LogP contribution >= 0.6 is 0 Å². The third-order valence-electron chi connectivity index (χ3n) is 11.3. The van der Waals surface area contributed by atoms with Gasteiger partial charge in [0.2, 0.25) is 0 Å². The number of fused-ring (bicyclic) bond motifs is 3. The summed E-state index contributed by atoms with van der Waals surface area (Å²) < 4.78 is 2.67. The van der Waals surface area contributed by atoms with Crippen molar-refractivity contribution in [3.8, 4) is 11.1 Å². The second-order valence-electron chi connectivity index (χ2n) is 17.5. The van der Waals surface area contributed by atoms with E-state index in [9.17, 15) is 0 Å². The molecular formula is C47H56Zr. The molecule has 1 heteroatoms. The summed E-state index contributed by atoms with van der Waals surface area (Å²) in [6.07, 6.45) is 9.77. The third-order valence-corrected chi connectivity index (χ3v) is 21.5. The summed E-state index contributed by atoms with van der Waals surface area (Å²) in [5.41, 5.74) is 14.7. The Morgan fingerprint density at radius 3 is 1.25 bits per heavy atom. The van der Waals surface area contributed by atoms with Gasteiger partial charge in [0.1, 0.15) is 0 Å². The first kappa shape index (κ1) is 35.0. The van der Waals surface area contributed by atoms with Gasteiger partial charge in [0, 0.05) is 0 Å². The van der Waals surface area contributed by atoms with Gasteiger partial charge in [-0.15, -0.1) is 0 Å². The Morgan fingerprint density at radius 1 is 0.521 bits per heavy atom. The van der Waals surface area contributed by atoms with Gasteiger partial charge in [-0.3, -0.25) is 0 Å². The molecule has 0 spiro atoms. The molecule has 0 saturated carbocycles. The molecule has 248 valence electrons. The molecular weight excluding hydrogens is 656 g/mol. The molecule has 0 unspecified atom stereocenters. The minimum atomic E-state index is -2.83. The number of allylic oxidation sites excluding steroid dienone is 4. The fourth-order valence-electron chi connectivity index (χ4n) is 9.17. The normalized spacial score (nSPS) is 15.2. The molecule has 0 saturated heterocycles. The Hall–Kier alpha value is -2.89. The van der Waals surface area contributed by atoms with Gasteiger partial charge in [0.05, 0.1) is 0 Å². The van der Waals surface area contributed by atoms with Crippen molar-refractivity contribution < 1.29 is 21.3 Å². The quantitative estimate of drug-likeness (QED) is 0.187. The Balaban J connectivity index is 1.79. The van der Waals surface area contributed by atoms with E-state index in [4.69, 9.17) is 0 Å². The van der Waals surface area contributed by atoms with E-state index in [1.807, 2.05) is 0 Å². The standard InChI is InChI=1S/C23H29.C19H22.C5H5.Zr/c1-14-9-16-11-17-10-15(2)21(23(6,7)8)13-19(17)18(16)12-20(14)22(3,4)5;1-18(2,16-11-7-5-8-12-16)15-19(3,4)17-13-9-6-10-14-17;1-2-4-5-3-1;/h9-13H,1-8H3;5-14H,1-4H3;1-5H;. The zero-order chi connectivity index (χ0) is 34.8. The van der Waals surface area contributed by atoms with Crippen LogP contribution in [0.15, 0.2) is 109 Å². The van der Waals surface area contributed by atoms with Crippen LogP contribution in [0.25, 0.3) is 11.1 Å². The van der Waals surface area contributed by atoms with E-state index in [2.05, 4.69) is 192 Å². The molecule has 0 atom stereocenters. The number of aryl methyl sites for hydroxylation is 2. The number of rotatable bonds is 6. The molecule has 0 nitrogen and oxygen atoms in total. The third kappa shape index (κ3) is 6.08. The van der Waals surface area contributed by atoms with Crippen molar-refractivity contribution in [1.82, 2.24) is 0 Å². The summed E-state index contributed by atoms with van der Waals surface area (Å²) >= 11 is -2.83. The van der Waals surface area contributed by atoms with E-state index in [1.165, 1.54) is 44.5 Å². The van der Waals surface area contributed by atoms with E-state index in [-0.39, 0.29) is 21.7 Å². The van der Waals surface area contributed by atoms with Crippen LogP contribution in [-0.4, -0.2) is 3.21 Å². The van der Waals surface area contributed by atoms with Crippen LogP contribution in [0.5, 0.6) is 0 Å². The first-order chi connectivity index (χ1) is 22.4. The van der Waals surface area contributed by atoms with Crippen LogP contribution in [-0.2, 0) is 42.9 Å². The first-order valence-electron chi connectivity index (χ1n) is 18.0. The first-order valence-corrected chi connectivity index (χ1v) is 22.0. The van der Waals surface area contributed by atoms with Crippen molar-refractivity contribution in [1.29, 1.82) is 0 Å². The second kappa shape index (κ2) is 12.5. The molecule has 0 fully saturated rings. The maximum absolute atomic E-state index is 2.83. The van der Waals surface area contributed by atoms with Gasteiger partial charge in [0.15, 0.2) is 0 Å². The SMILES string of the molecule is Cc1cc2c(cc1C(C)(C)C)-c1cc(C(C)(C)C)c(C)cc1[CH]2[Zr](=[C](C(C)(C)c1ccccc1)C(C)(C)c1ccccc1)[CH]1C=CC=C1. The predicted octanol–water partition coefficient (Wildman–Crippen LogP) is 12.6.